The van der Waals surface area contributed by atoms with E-state index in [4.69, 9.17) is 0 Å². The van der Waals surface area contributed by atoms with Gasteiger partial charge < -0.3 is 15.0 Å². The van der Waals surface area contributed by atoms with Crippen molar-refractivity contribution in [1.29, 1.82) is 0 Å². The number of hydrogen-bond donors (Lipinski definition) is 2. The second-order valence-electron chi connectivity index (χ2n) is 5.17. The molecule has 2 aromatic rings. The maximum absolute atomic E-state index is 10.3. The van der Waals surface area contributed by atoms with Crippen molar-refractivity contribution in [3.8, 4) is 0 Å². The zero-order valence-electron chi connectivity index (χ0n) is 10.6. The van der Waals surface area contributed by atoms with Gasteiger partial charge in [0.2, 0.25) is 0 Å². The van der Waals surface area contributed by atoms with E-state index in [1.165, 1.54) is 0 Å². The predicted octanol–water partition coefficient (Wildman–Crippen LogP) is 1.69. The summed E-state index contributed by atoms with van der Waals surface area (Å²) in [4.78, 5) is 8.66. The summed E-state index contributed by atoms with van der Waals surface area (Å²) >= 11 is 0. The molecule has 0 saturated heterocycles. The fourth-order valence-electron chi connectivity index (χ4n) is 2.65. The van der Waals surface area contributed by atoms with Crippen LogP contribution >= 0.6 is 0 Å². The van der Waals surface area contributed by atoms with Gasteiger partial charge in [-0.1, -0.05) is 12.8 Å². The van der Waals surface area contributed by atoms with Gasteiger partial charge in [-0.05, 0) is 18.9 Å². The number of pyridine rings is 1. The van der Waals surface area contributed by atoms with Crippen LogP contribution in [0.5, 0.6) is 0 Å². The molecule has 96 valence electrons. The molecule has 0 aromatic carbocycles. The van der Waals surface area contributed by atoms with E-state index in [2.05, 4.69) is 15.3 Å². The van der Waals surface area contributed by atoms with Gasteiger partial charge in [-0.15, -0.1) is 0 Å². The Bertz CT molecular complexity index is 557. The number of imidazole rings is 1. The van der Waals surface area contributed by atoms with Gasteiger partial charge in [0.1, 0.15) is 5.52 Å². The molecule has 2 heterocycles. The second kappa shape index (κ2) is 4.24. The van der Waals surface area contributed by atoms with Crippen LogP contribution in [0.25, 0.3) is 11.0 Å². The molecule has 0 radical (unpaired) electrons. The van der Waals surface area contributed by atoms with Gasteiger partial charge in [-0.25, -0.2) is 9.97 Å². The molecule has 5 nitrogen and oxygen atoms in total. The molecule has 18 heavy (non-hydrogen) atoms. The summed E-state index contributed by atoms with van der Waals surface area (Å²) in [6.45, 7) is 0.551. The van der Waals surface area contributed by atoms with Crippen LogP contribution in [-0.4, -0.2) is 31.8 Å². The standard InChI is InChI=1S/C13H18N4O/c1-17-9-16-11-10(17)4-7-14-12(11)15-8-13(18)5-2-3-6-13/h4,7,9,18H,2-3,5-6,8H2,1H3,(H,14,15). The van der Waals surface area contributed by atoms with Gasteiger partial charge in [-0.2, -0.15) is 0 Å². The molecule has 2 N–H and O–H groups in total. The fraction of sp³-hybridized carbons (Fsp3) is 0.538. The molecule has 2 aromatic heterocycles. The van der Waals surface area contributed by atoms with Crippen molar-refractivity contribution in [1.82, 2.24) is 14.5 Å². The van der Waals surface area contributed by atoms with Crippen molar-refractivity contribution in [2.75, 3.05) is 11.9 Å². The number of aromatic nitrogens is 3. The smallest absolute Gasteiger partial charge is 0.154 e. The molecule has 1 saturated carbocycles. The summed E-state index contributed by atoms with van der Waals surface area (Å²) in [5, 5.41) is 13.6. The minimum atomic E-state index is -0.571. The third-order valence-corrected chi connectivity index (χ3v) is 3.76. The normalized spacial score (nSPS) is 18.3. The molecule has 0 aliphatic heterocycles. The minimum Gasteiger partial charge on any atom is -0.388 e. The minimum absolute atomic E-state index is 0.551. The van der Waals surface area contributed by atoms with Crippen LogP contribution in [0.1, 0.15) is 25.7 Å². The lowest BCUT2D eigenvalue weighted by Crippen LogP contribution is -2.33. The molecule has 0 atom stereocenters. The average molecular weight is 246 g/mol. The van der Waals surface area contributed by atoms with Crippen LogP contribution in [0.3, 0.4) is 0 Å². The van der Waals surface area contributed by atoms with Crippen molar-refractivity contribution in [3.05, 3.63) is 18.6 Å². The zero-order chi connectivity index (χ0) is 12.6. The molecule has 1 aliphatic rings. The third-order valence-electron chi connectivity index (χ3n) is 3.76. The molecule has 0 unspecified atom stereocenters. The number of nitrogens with zero attached hydrogens (tertiary/aromatic N) is 3. The Morgan fingerprint density at radius 1 is 1.39 bits per heavy atom. The Balaban J connectivity index is 1.82. The number of nitrogens with one attached hydrogen (secondary N) is 1. The monoisotopic (exact) mass is 246 g/mol. The summed E-state index contributed by atoms with van der Waals surface area (Å²) in [5.74, 6) is 0.758. The number of anilines is 1. The lowest BCUT2D eigenvalue weighted by Gasteiger charge is -2.22. The summed E-state index contributed by atoms with van der Waals surface area (Å²) in [6.07, 6.45) is 7.52. The van der Waals surface area contributed by atoms with Gasteiger partial charge in [0.05, 0.1) is 17.4 Å². The maximum Gasteiger partial charge on any atom is 0.154 e. The highest BCUT2D eigenvalue weighted by molar-refractivity contribution is 5.85. The molecule has 1 aliphatic carbocycles. The molecular weight excluding hydrogens is 228 g/mol. The molecule has 0 amide bonds. The van der Waals surface area contributed by atoms with Crippen molar-refractivity contribution < 1.29 is 5.11 Å². The van der Waals surface area contributed by atoms with Crippen LogP contribution in [0.2, 0.25) is 0 Å². The van der Waals surface area contributed by atoms with Crippen molar-refractivity contribution >= 4 is 16.9 Å². The number of rotatable bonds is 3. The fourth-order valence-corrected chi connectivity index (χ4v) is 2.65. The first-order chi connectivity index (χ1) is 8.68. The van der Waals surface area contributed by atoms with Gasteiger partial charge in [0.15, 0.2) is 5.82 Å². The van der Waals surface area contributed by atoms with Crippen molar-refractivity contribution in [2.24, 2.45) is 7.05 Å². The number of hydrogen-bond acceptors (Lipinski definition) is 4. The van der Waals surface area contributed by atoms with Crippen LogP contribution in [0.4, 0.5) is 5.82 Å². The number of aliphatic hydroxyl groups is 1. The average Bonchev–Trinajstić information content (AvgIpc) is 2.96. The van der Waals surface area contributed by atoms with E-state index in [-0.39, 0.29) is 0 Å². The van der Waals surface area contributed by atoms with E-state index in [9.17, 15) is 5.11 Å². The van der Waals surface area contributed by atoms with Crippen LogP contribution in [-0.2, 0) is 7.05 Å². The first-order valence-corrected chi connectivity index (χ1v) is 6.40. The molecule has 3 rings (SSSR count). The van der Waals surface area contributed by atoms with Crippen LogP contribution in [0, 0.1) is 0 Å². The summed E-state index contributed by atoms with van der Waals surface area (Å²) in [7, 11) is 1.96. The lowest BCUT2D eigenvalue weighted by atomic mass is 10.0. The SMILES string of the molecule is Cn1cnc2c(NCC3(O)CCCC3)nccc21. The van der Waals surface area contributed by atoms with Crippen molar-refractivity contribution in [3.63, 3.8) is 0 Å². The predicted molar refractivity (Wildman–Crippen MR) is 70.4 cm³/mol. The summed E-state index contributed by atoms with van der Waals surface area (Å²) in [5.41, 5.74) is 1.34. The van der Waals surface area contributed by atoms with E-state index in [0.717, 1.165) is 42.5 Å². The molecule has 5 heteroatoms. The highest BCUT2D eigenvalue weighted by Gasteiger charge is 2.30. The summed E-state index contributed by atoms with van der Waals surface area (Å²) < 4.78 is 1.96. The highest BCUT2D eigenvalue weighted by atomic mass is 16.3. The van der Waals surface area contributed by atoms with E-state index in [0.29, 0.717) is 6.54 Å². The highest BCUT2D eigenvalue weighted by Crippen LogP contribution is 2.30. The van der Waals surface area contributed by atoms with E-state index in [1.807, 2.05) is 17.7 Å². The Morgan fingerprint density at radius 3 is 2.94 bits per heavy atom. The molecule has 0 bridgehead atoms. The van der Waals surface area contributed by atoms with Crippen molar-refractivity contribution in [2.45, 2.75) is 31.3 Å². The Morgan fingerprint density at radius 2 is 2.17 bits per heavy atom. The Hall–Kier alpha value is -1.62. The topological polar surface area (TPSA) is 63.0 Å². The van der Waals surface area contributed by atoms with Crippen LogP contribution < -0.4 is 5.32 Å². The summed E-state index contributed by atoms with van der Waals surface area (Å²) in [6, 6.07) is 1.94. The van der Waals surface area contributed by atoms with Gasteiger partial charge in [-0.3, -0.25) is 0 Å². The molecule has 0 spiro atoms. The largest absolute Gasteiger partial charge is 0.388 e. The lowest BCUT2D eigenvalue weighted by molar-refractivity contribution is 0.0614. The van der Waals surface area contributed by atoms with Gasteiger partial charge >= 0.3 is 0 Å². The van der Waals surface area contributed by atoms with E-state index in [1.54, 1.807) is 12.5 Å². The van der Waals surface area contributed by atoms with E-state index >= 15 is 0 Å². The number of aryl methyl sites for hydroxylation is 1. The molecule has 1 fully saturated rings. The Kier molecular flexibility index (Phi) is 2.70. The number of fused-ring (bicyclic) bond motifs is 1. The van der Waals surface area contributed by atoms with Gasteiger partial charge in [0.25, 0.3) is 0 Å². The first-order valence-electron chi connectivity index (χ1n) is 6.40. The quantitative estimate of drug-likeness (QED) is 0.865. The molecular formula is C13H18N4O. The van der Waals surface area contributed by atoms with Gasteiger partial charge in [0, 0.05) is 19.8 Å². The van der Waals surface area contributed by atoms with E-state index < -0.39 is 5.60 Å². The van der Waals surface area contributed by atoms with Crippen LogP contribution in [0.15, 0.2) is 18.6 Å². The zero-order valence-corrected chi connectivity index (χ0v) is 10.6. The third kappa shape index (κ3) is 1.95. The first kappa shape index (κ1) is 11.5. The maximum atomic E-state index is 10.3. The Labute approximate surface area is 106 Å². The second-order valence-corrected chi connectivity index (χ2v) is 5.17.